The first kappa shape index (κ1) is 29.0. The van der Waals surface area contributed by atoms with Crippen LogP contribution < -0.4 is 9.46 Å². The van der Waals surface area contributed by atoms with E-state index in [1.165, 1.54) is 23.1 Å². The molecule has 1 amide bonds. The van der Waals surface area contributed by atoms with Gasteiger partial charge in [0.1, 0.15) is 12.3 Å². The Morgan fingerprint density at radius 1 is 0.977 bits per heavy atom. The SMILES string of the molecule is Cc1cccc(C)c1-c1cc2nc(n1)NS(=O)(=O)c1cccc(n1)C(=O)N(C1CC3(CC3)C1)[C@H](CC1(C(F)(F)F)CC1)CO2. The number of amides is 1. The minimum absolute atomic E-state index is 0.0178. The van der Waals surface area contributed by atoms with E-state index >= 15 is 0 Å². The van der Waals surface area contributed by atoms with Crippen LogP contribution in [0.25, 0.3) is 11.3 Å². The number of aryl methyl sites for hydroxylation is 2. The first-order valence-corrected chi connectivity index (χ1v) is 16.2. The highest BCUT2D eigenvalue weighted by molar-refractivity contribution is 7.92. The van der Waals surface area contributed by atoms with E-state index in [1.54, 1.807) is 6.07 Å². The van der Waals surface area contributed by atoms with Crippen molar-refractivity contribution in [2.24, 2.45) is 10.8 Å². The van der Waals surface area contributed by atoms with Crippen molar-refractivity contribution >= 4 is 21.9 Å². The molecule has 13 heteroatoms. The molecule has 3 aliphatic carbocycles. The predicted octanol–water partition coefficient (Wildman–Crippen LogP) is 5.83. The molecule has 0 radical (unpaired) electrons. The van der Waals surface area contributed by atoms with E-state index in [9.17, 15) is 26.4 Å². The van der Waals surface area contributed by atoms with Crippen molar-refractivity contribution in [3.05, 3.63) is 59.3 Å². The lowest BCUT2D eigenvalue weighted by Gasteiger charge is -2.47. The minimum Gasteiger partial charge on any atom is -0.475 e. The second kappa shape index (κ2) is 9.88. The normalized spacial score (nSPS) is 23.3. The molecule has 4 aliphatic rings. The molecule has 4 bridgehead atoms. The van der Waals surface area contributed by atoms with Gasteiger partial charge in [0.05, 0.1) is 17.2 Å². The number of carbonyl (C=O) groups excluding carboxylic acids is 1. The average Bonchev–Trinajstić information content (AvgIpc) is 3.86. The van der Waals surface area contributed by atoms with Gasteiger partial charge < -0.3 is 9.64 Å². The predicted molar refractivity (Wildman–Crippen MR) is 154 cm³/mol. The molecule has 0 unspecified atom stereocenters. The van der Waals surface area contributed by atoms with Gasteiger partial charge in [-0.1, -0.05) is 24.3 Å². The highest BCUT2D eigenvalue weighted by Gasteiger charge is 2.65. The number of carbonyl (C=O) groups is 1. The molecule has 0 saturated heterocycles. The number of ether oxygens (including phenoxy) is 1. The fraction of sp³-hybridized carbons (Fsp3) is 0.484. The summed E-state index contributed by atoms with van der Waals surface area (Å²) in [6.45, 7) is 3.52. The molecule has 1 aliphatic heterocycles. The van der Waals surface area contributed by atoms with Gasteiger partial charge >= 0.3 is 6.18 Å². The third kappa shape index (κ3) is 5.08. The van der Waals surface area contributed by atoms with E-state index in [2.05, 4.69) is 19.7 Å². The van der Waals surface area contributed by atoms with Crippen molar-refractivity contribution in [1.82, 2.24) is 19.9 Å². The molecule has 232 valence electrons. The van der Waals surface area contributed by atoms with Crippen LogP contribution in [0.3, 0.4) is 0 Å². The maximum atomic E-state index is 14.3. The molecule has 3 saturated carbocycles. The highest BCUT2D eigenvalue weighted by Crippen LogP contribution is 2.64. The van der Waals surface area contributed by atoms with Gasteiger partial charge in [0.15, 0.2) is 5.03 Å². The summed E-state index contributed by atoms with van der Waals surface area (Å²) in [6.07, 6.45) is -1.38. The summed E-state index contributed by atoms with van der Waals surface area (Å²) in [7, 11) is -4.35. The number of hydrogen-bond donors (Lipinski definition) is 1. The third-order valence-electron chi connectivity index (χ3n) is 9.70. The number of nitrogens with one attached hydrogen (secondary N) is 1. The van der Waals surface area contributed by atoms with Gasteiger partial charge in [-0.3, -0.25) is 4.79 Å². The summed E-state index contributed by atoms with van der Waals surface area (Å²) in [5.41, 5.74) is 0.965. The summed E-state index contributed by atoms with van der Waals surface area (Å²) in [4.78, 5) is 28.6. The van der Waals surface area contributed by atoms with Gasteiger partial charge in [0.25, 0.3) is 15.9 Å². The Morgan fingerprint density at radius 2 is 1.66 bits per heavy atom. The summed E-state index contributed by atoms with van der Waals surface area (Å²) < 4.78 is 78.3. The van der Waals surface area contributed by atoms with Crippen LogP contribution in [0.4, 0.5) is 19.1 Å². The van der Waals surface area contributed by atoms with Crippen LogP contribution in [0.2, 0.25) is 0 Å². The molecule has 3 fully saturated rings. The second-order valence-corrected chi connectivity index (χ2v) is 14.5. The van der Waals surface area contributed by atoms with Crippen LogP contribution in [-0.2, 0) is 10.0 Å². The number of fused-ring (bicyclic) bond motifs is 4. The molecular formula is C31H32F3N5O4S. The van der Waals surface area contributed by atoms with Crippen LogP contribution in [0.15, 0.2) is 47.5 Å². The Labute approximate surface area is 253 Å². The zero-order valence-electron chi connectivity index (χ0n) is 24.3. The quantitative estimate of drug-likeness (QED) is 0.387. The molecule has 7 rings (SSSR count). The number of rotatable bonds is 4. The molecule has 1 N–H and O–H groups in total. The van der Waals surface area contributed by atoms with E-state index < -0.39 is 38.6 Å². The molecular weight excluding hydrogens is 595 g/mol. The average molecular weight is 628 g/mol. The Morgan fingerprint density at radius 3 is 2.30 bits per heavy atom. The van der Waals surface area contributed by atoms with Crippen molar-refractivity contribution in [2.75, 3.05) is 11.3 Å². The summed E-state index contributed by atoms with van der Waals surface area (Å²) in [6, 6.07) is 10.0. The topological polar surface area (TPSA) is 114 Å². The maximum absolute atomic E-state index is 14.3. The van der Waals surface area contributed by atoms with Crippen LogP contribution in [0.5, 0.6) is 5.88 Å². The number of benzene rings is 1. The second-order valence-electron chi connectivity index (χ2n) is 12.9. The van der Waals surface area contributed by atoms with E-state index in [1.807, 2.05) is 32.0 Å². The first-order valence-electron chi connectivity index (χ1n) is 14.8. The van der Waals surface area contributed by atoms with Gasteiger partial charge in [-0.2, -0.15) is 26.6 Å². The smallest absolute Gasteiger partial charge is 0.394 e. The molecule has 3 heterocycles. The fourth-order valence-electron chi connectivity index (χ4n) is 6.86. The van der Waals surface area contributed by atoms with Gasteiger partial charge in [-0.15, -0.1) is 0 Å². The van der Waals surface area contributed by atoms with Crippen LogP contribution in [-0.4, -0.2) is 59.0 Å². The number of hydrogen-bond acceptors (Lipinski definition) is 7. The summed E-state index contributed by atoms with van der Waals surface area (Å²) in [5, 5.41) is -0.427. The highest BCUT2D eigenvalue weighted by atomic mass is 32.2. The molecule has 44 heavy (non-hydrogen) atoms. The minimum atomic E-state index is -4.44. The van der Waals surface area contributed by atoms with E-state index in [4.69, 9.17) is 4.74 Å². The Bertz CT molecular complexity index is 1740. The number of alkyl halides is 3. The number of pyridine rings is 1. The molecule has 9 nitrogen and oxygen atoms in total. The molecule has 2 aromatic heterocycles. The van der Waals surface area contributed by atoms with Crippen LogP contribution >= 0.6 is 0 Å². The first-order chi connectivity index (χ1) is 20.8. The van der Waals surface area contributed by atoms with Crippen LogP contribution in [0.1, 0.15) is 66.6 Å². The lowest BCUT2D eigenvalue weighted by Crippen LogP contribution is -2.56. The monoisotopic (exact) mass is 627 g/mol. The van der Waals surface area contributed by atoms with Crippen molar-refractivity contribution in [3.63, 3.8) is 0 Å². The summed E-state index contributed by atoms with van der Waals surface area (Å²) >= 11 is 0. The number of aromatic nitrogens is 3. The Kier molecular flexibility index (Phi) is 6.51. The number of nitrogens with zero attached hydrogens (tertiary/aromatic N) is 4. The molecule has 1 spiro atoms. The van der Waals surface area contributed by atoms with Gasteiger partial charge in [0.2, 0.25) is 11.8 Å². The van der Waals surface area contributed by atoms with Gasteiger partial charge in [-0.25, -0.2) is 14.7 Å². The third-order valence-corrected chi connectivity index (χ3v) is 10.9. The number of anilines is 1. The van der Waals surface area contributed by atoms with E-state index in [-0.39, 0.29) is 54.8 Å². The molecule has 1 aromatic carbocycles. The zero-order valence-corrected chi connectivity index (χ0v) is 25.1. The Balaban J connectivity index is 1.36. The maximum Gasteiger partial charge on any atom is 0.394 e. The summed E-state index contributed by atoms with van der Waals surface area (Å²) in [5.74, 6) is -0.909. The number of halogens is 3. The molecule has 1 atom stereocenters. The van der Waals surface area contributed by atoms with E-state index in [0.717, 1.165) is 29.5 Å². The van der Waals surface area contributed by atoms with Gasteiger partial charge in [0, 0.05) is 17.7 Å². The lowest BCUT2D eigenvalue weighted by atomic mass is 9.75. The standard InChI is InChI=1S/C31H32F3N5O4S/c1-18-5-3-6-19(2)26(18)23-13-24-37-28(36-23)38-44(41,42)25-8-4-7-22(35-25)27(40)39(20-14-29(15-20)9-10-29)21(17-43-24)16-30(11-12-30)31(32,33)34/h3-8,13,20-21H,9-12,14-17H2,1-2H3,(H,36,37,38)/t21-/m1/s1. The molecule has 3 aromatic rings. The fourth-order valence-corrected chi connectivity index (χ4v) is 7.77. The van der Waals surface area contributed by atoms with Crippen molar-refractivity contribution in [3.8, 4) is 17.1 Å². The number of sulfonamides is 1. The lowest BCUT2D eigenvalue weighted by molar-refractivity contribution is -0.193. The van der Waals surface area contributed by atoms with Crippen molar-refractivity contribution < 1.29 is 31.1 Å². The van der Waals surface area contributed by atoms with Crippen LogP contribution in [0, 0.1) is 24.7 Å². The largest absolute Gasteiger partial charge is 0.475 e. The zero-order chi connectivity index (χ0) is 31.1. The van der Waals surface area contributed by atoms with Crippen molar-refractivity contribution in [2.45, 2.75) is 82.1 Å². The van der Waals surface area contributed by atoms with Crippen molar-refractivity contribution in [1.29, 1.82) is 0 Å². The Hall–Kier alpha value is -3.74. The van der Waals surface area contributed by atoms with Gasteiger partial charge in [-0.05, 0) is 87.5 Å². The van der Waals surface area contributed by atoms with E-state index in [0.29, 0.717) is 18.5 Å².